The molecule has 6 nitrogen and oxygen atoms in total. The van der Waals surface area contributed by atoms with Crippen molar-refractivity contribution in [3.63, 3.8) is 0 Å². The van der Waals surface area contributed by atoms with Crippen LogP contribution in [0.2, 0.25) is 0 Å². The van der Waals surface area contributed by atoms with Crippen LogP contribution in [0.4, 0.5) is 5.69 Å². The molecule has 0 saturated heterocycles. The van der Waals surface area contributed by atoms with Crippen LogP contribution in [0.25, 0.3) is 0 Å². The molecule has 0 aliphatic rings. The van der Waals surface area contributed by atoms with Gasteiger partial charge >= 0.3 is 11.9 Å². The lowest BCUT2D eigenvalue weighted by atomic mass is 10.1. The molecule has 0 spiro atoms. The summed E-state index contributed by atoms with van der Waals surface area (Å²) in [5, 5.41) is 17.7. The first-order chi connectivity index (χ1) is 8.45. The Balaban J connectivity index is 3.04. The number of carbonyl (C=O) groups is 3. The topological polar surface area (TPSA) is 94.9 Å². The number of carboxylic acids is 2. The van der Waals surface area contributed by atoms with Gasteiger partial charge in [0.25, 0.3) is 0 Å². The number of hydrogen-bond donors (Lipinski definition) is 2. The molecule has 1 atom stereocenters. The van der Waals surface area contributed by atoms with E-state index in [1.54, 1.807) is 0 Å². The third-order valence-electron chi connectivity index (χ3n) is 2.49. The number of carboxylic acid groups (broad SMARTS) is 2. The Morgan fingerprint density at radius 2 is 1.83 bits per heavy atom. The fraction of sp³-hybridized carbons (Fsp3) is 0.250. The minimum atomic E-state index is -1.12. The molecule has 0 bridgehead atoms. The van der Waals surface area contributed by atoms with Crippen molar-refractivity contribution in [3.8, 4) is 0 Å². The van der Waals surface area contributed by atoms with Gasteiger partial charge in [0.2, 0.25) is 0 Å². The van der Waals surface area contributed by atoms with Crippen LogP contribution in [0.3, 0.4) is 0 Å². The second-order valence-corrected chi connectivity index (χ2v) is 3.75. The molecule has 18 heavy (non-hydrogen) atoms. The standard InChI is InChI=1S/C12H13NO5/c1-8(12(17)18)13(6-11(15)16)10-4-2-9(7-14)3-5-10/h2-5,7-8H,6H2,1H3,(H,15,16)(H,17,18). The number of nitrogens with zero attached hydrogens (tertiary/aromatic N) is 1. The molecule has 6 heteroatoms. The van der Waals surface area contributed by atoms with Gasteiger partial charge < -0.3 is 15.1 Å². The maximum Gasteiger partial charge on any atom is 0.326 e. The fourth-order valence-electron chi connectivity index (χ4n) is 1.48. The van der Waals surface area contributed by atoms with E-state index in [0.29, 0.717) is 17.5 Å². The minimum absolute atomic E-state index is 0.423. The fourth-order valence-corrected chi connectivity index (χ4v) is 1.48. The third kappa shape index (κ3) is 3.31. The van der Waals surface area contributed by atoms with E-state index < -0.39 is 24.5 Å². The highest BCUT2D eigenvalue weighted by Crippen LogP contribution is 2.17. The lowest BCUT2D eigenvalue weighted by Gasteiger charge is -2.26. The quantitative estimate of drug-likeness (QED) is 0.728. The van der Waals surface area contributed by atoms with Crippen LogP contribution >= 0.6 is 0 Å². The predicted molar refractivity (Wildman–Crippen MR) is 63.9 cm³/mol. The Hall–Kier alpha value is -2.37. The molecule has 0 aliphatic carbocycles. The number of anilines is 1. The molecule has 2 N–H and O–H groups in total. The number of rotatable bonds is 6. The molecular weight excluding hydrogens is 238 g/mol. The summed E-state index contributed by atoms with van der Waals surface area (Å²) in [6.07, 6.45) is 0.659. The summed E-state index contributed by atoms with van der Waals surface area (Å²) < 4.78 is 0. The Bertz CT molecular complexity index is 454. The molecule has 1 aromatic carbocycles. The van der Waals surface area contributed by atoms with Gasteiger partial charge in [-0.3, -0.25) is 9.59 Å². The van der Waals surface area contributed by atoms with Crippen LogP contribution in [0, 0.1) is 0 Å². The van der Waals surface area contributed by atoms with Gasteiger partial charge in [-0.15, -0.1) is 0 Å². The maximum atomic E-state index is 10.9. The second-order valence-electron chi connectivity index (χ2n) is 3.75. The van der Waals surface area contributed by atoms with E-state index in [2.05, 4.69) is 0 Å². The average Bonchev–Trinajstić information content (AvgIpc) is 2.35. The summed E-state index contributed by atoms with van der Waals surface area (Å²) in [6.45, 7) is 0.979. The van der Waals surface area contributed by atoms with E-state index in [1.165, 1.54) is 36.1 Å². The Morgan fingerprint density at radius 1 is 1.28 bits per heavy atom. The molecule has 0 radical (unpaired) electrons. The van der Waals surface area contributed by atoms with E-state index in [4.69, 9.17) is 10.2 Å². The van der Waals surface area contributed by atoms with Crippen molar-refractivity contribution in [3.05, 3.63) is 29.8 Å². The highest BCUT2D eigenvalue weighted by molar-refractivity contribution is 5.83. The first-order valence-corrected chi connectivity index (χ1v) is 5.22. The first-order valence-electron chi connectivity index (χ1n) is 5.22. The van der Waals surface area contributed by atoms with E-state index in [1.807, 2.05) is 0 Å². The van der Waals surface area contributed by atoms with Crippen molar-refractivity contribution in [2.75, 3.05) is 11.4 Å². The van der Waals surface area contributed by atoms with Crippen LogP contribution in [-0.4, -0.2) is 41.0 Å². The molecule has 1 rings (SSSR count). The molecule has 0 aliphatic heterocycles. The van der Waals surface area contributed by atoms with Gasteiger partial charge in [-0.2, -0.15) is 0 Å². The molecule has 0 amide bonds. The summed E-state index contributed by atoms with van der Waals surface area (Å²) in [4.78, 5) is 33.4. The summed E-state index contributed by atoms with van der Waals surface area (Å²) >= 11 is 0. The number of benzene rings is 1. The zero-order valence-corrected chi connectivity index (χ0v) is 9.74. The summed E-state index contributed by atoms with van der Waals surface area (Å²) in [5.41, 5.74) is 0.884. The number of aliphatic carboxylic acids is 2. The lowest BCUT2D eigenvalue weighted by molar-refractivity contribution is -0.138. The Morgan fingerprint density at radius 3 is 2.22 bits per heavy atom. The Kier molecular flexibility index (Phi) is 4.42. The molecule has 96 valence electrons. The van der Waals surface area contributed by atoms with Crippen molar-refractivity contribution in [2.24, 2.45) is 0 Å². The molecule has 0 fully saturated rings. The predicted octanol–water partition coefficient (Wildman–Crippen LogP) is 0.863. The highest BCUT2D eigenvalue weighted by atomic mass is 16.4. The van der Waals surface area contributed by atoms with Gasteiger partial charge in [-0.1, -0.05) is 0 Å². The minimum Gasteiger partial charge on any atom is -0.480 e. The molecule has 1 aromatic rings. The van der Waals surface area contributed by atoms with Crippen LogP contribution in [0.15, 0.2) is 24.3 Å². The molecule has 0 aromatic heterocycles. The zero-order chi connectivity index (χ0) is 13.7. The van der Waals surface area contributed by atoms with Crippen LogP contribution < -0.4 is 4.90 Å². The SMILES string of the molecule is CC(C(=O)O)N(CC(=O)O)c1ccc(C=O)cc1. The molecule has 1 unspecified atom stereocenters. The third-order valence-corrected chi connectivity index (χ3v) is 2.49. The van der Waals surface area contributed by atoms with Gasteiger partial charge in [0.15, 0.2) is 0 Å². The van der Waals surface area contributed by atoms with E-state index >= 15 is 0 Å². The molecular formula is C12H13NO5. The van der Waals surface area contributed by atoms with Crippen molar-refractivity contribution in [1.29, 1.82) is 0 Å². The van der Waals surface area contributed by atoms with Gasteiger partial charge in [0.1, 0.15) is 18.9 Å². The van der Waals surface area contributed by atoms with Crippen molar-refractivity contribution in [2.45, 2.75) is 13.0 Å². The highest BCUT2D eigenvalue weighted by Gasteiger charge is 2.23. The normalized spacial score (nSPS) is 11.6. The van der Waals surface area contributed by atoms with Crippen LogP contribution in [0.1, 0.15) is 17.3 Å². The van der Waals surface area contributed by atoms with Gasteiger partial charge in [-0.25, -0.2) is 4.79 Å². The summed E-state index contributed by atoms with van der Waals surface area (Å²) in [6, 6.07) is 5.08. The van der Waals surface area contributed by atoms with Crippen molar-refractivity contribution >= 4 is 23.9 Å². The van der Waals surface area contributed by atoms with Crippen LogP contribution in [-0.2, 0) is 9.59 Å². The molecule has 0 heterocycles. The van der Waals surface area contributed by atoms with Crippen molar-refractivity contribution < 1.29 is 24.6 Å². The number of aldehydes is 1. The first kappa shape index (κ1) is 13.7. The Labute approximate surface area is 103 Å². The van der Waals surface area contributed by atoms with Crippen molar-refractivity contribution in [1.82, 2.24) is 0 Å². The van der Waals surface area contributed by atoms with Gasteiger partial charge in [0, 0.05) is 11.3 Å². The van der Waals surface area contributed by atoms with Gasteiger partial charge in [-0.05, 0) is 31.2 Å². The van der Waals surface area contributed by atoms with E-state index in [-0.39, 0.29) is 0 Å². The number of carbonyl (C=O) groups excluding carboxylic acids is 1. The monoisotopic (exact) mass is 251 g/mol. The largest absolute Gasteiger partial charge is 0.480 e. The smallest absolute Gasteiger partial charge is 0.326 e. The van der Waals surface area contributed by atoms with E-state index in [9.17, 15) is 14.4 Å². The van der Waals surface area contributed by atoms with Crippen LogP contribution in [0.5, 0.6) is 0 Å². The zero-order valence-electron chi connectivity index (χ0n) is 9.74. The average molecular weight is 251 g/mol. The molecule has 0 saturated carbocycles. The summed E-state index contributed by atoms with van der Waals surface area (Å²) in [7, 11) is 0. The van der Waals surface area contributed by atoms with Gasteiger partial charge in [0.05, 0.1) is 0 Å². The summed E-state index contributed by atoms with van der Waals surface area (Å²) in [5.74, 6) is -2.24. The lowest BCUT2D eigenvalue weighted by Crippen LogP contribution is -2.42. The maximum absolute atomic E-state index is 10.9. The van der Waals surface area contributed by atoms with E-state index in [0.717, 1.165) is 0 Å². The second kappa shape index (κ2) is 5.81. The number of hydrogen-bond acceptors (Lipinski definition) is 4.